The molecule has 1 aromatic rings. The highest BCUT2D eigenvalue weighted by Crippen LogP contribution is 2.33. The summed E-state index contributed by atoms with van der Waals surface area (Å²) in [6.45, 7) is 3.41. The fourth-order valence-electron chi connectivity index (χ4n) is 2.10. The Morgan fingerprint density at radius 2 is 2.11 bits per heavy atom. The minimum Gasteiger partial charge on any atom is -0.326 e. The van der Waals surface area contributed by atoms with E-state index in [0.717, 1.165) is 12.8 Å². The molecule has 3 N–H and O–H groups in total. The molecule has 1 fully saturated rings. The summed E-state index contributed by atoms with van der Waals surface area (Å²) < 4.78 is 40.9. The van der Waals surface area contributed by atoms with Crippen LogP contribution in [-0.4, -0.2) is 14.5 Å². The molecule has 2 rings (SSSR count). The quantitative estimate of drug-likeness (QED) is 0.865. The van der Waals surface area contributed by atoms with Gasteiger partial charge >= 0.3 is 0 Å². The first kappa shape index (κ1) is 14.4. The Hall–Kier alpha value is -0.980. The van der Waals surface area contributed by atoms with Crippen molar-refractivity contribution in [2.45, 2.75) is 44.2 Å². The van der Waals surface area contributed by atoms with Crippen LogP contribution in [0.1, 0.15) is 30.9 Å². The van der Waals surface area contributed by atoms with Crippen LogP contribution in [0.15, 0.2) is 17.0 Å². The Balaban J connectivity index is 2.35. The summed E-state index contributed by atoms with van der Waals surface area (Å²) in [6, 6.07) is 2.60. The number of nitrogens with two attached hydrogens (primary N) is 1. The van der Waals surface area contributed by atoms with Crippen LogP contribution in [0.3, 0.4) is 0 Å². The van der Waals surface area contributed by atoms with Gasteiger partial charge in [-0.2, -0.15) is 0 Å². The van der Waals surface area contributed by atoms with Gasteiger partial charge in [-0.1, -0.05) is 0 Å². The number of benzene rings is 1. The Morgan fingerprint density at radius 3 is 2.63 bits per heavy atom. The molecule has 0 bridgehead atoms. The molecule has 0 aromatic heterocycles. The Bertz CT molecular complexity index is 583. The normalized spacial score (nSPS) is 17.5. The minimum atomic E-state index is -3.70. The summed E-state index contributed by atoms with van der Waals surface area (Å²) in [7, 11) is -3.70. The molecule has 0 spiro atoms. The number of halogens is 1. The molecule has 1 atom stereocenters. The molecule has 1 aliphatic rings. The van der Waals surface area contributed by atoms with E-state index in [9.17, 15) is 12.8 Å². The fraction of sp³-hybridized carbons (Fsp3) is 0.538. The zero-order chi connectivity index (χ0) is 14.2. The first-order valence-corrected chi connectivity index (χ1v) is 7.85. The fourth-order valence-corrected chi connectivity index (χ4v) is 3.72. The lowest BCUT2D eigenvalue weighted by Gasteiger charge is -2.16. The van der Waals surface area contributed by atoms with Gasteiger partial charge in [-0.25, -0.2) is 17.5 Å². The lowest BCUT2D eigenvalue weighted by atomic mass is 10.1. The molecule has 1 aromatic carbocycles. The maximum absolute atomic E-state index is 13.7. The highest BCUT2D eigenvalue weighted by molar-refractivity contribution is 7.89. The van der Waals surface area contributed by atoms with Crippen molar-refractivity contribution in [3.05, 3.63) is 29.1 Å². The monoisotopic (exact) mass is 286 g/mol. The topological polar surface area (TPSA) is 72.2 Å². The molecule has 0 saturated heterocycles. The van der Waals surface area contributed by atoms with Gasteiger partial charge in [-0.15, -0.1) is 0 Å². The Morgan fingerprint density at radius 1 is 1.47 bits per heavy atom. The van der Waals surface area contributed by atoms with Gasteiger partial charge in [0.15, 0.2) is 0 Å². The maximum Gasteiger partial charge on any atom is 0.241 e. The Kier molecular flexibility index (Phi) is 3.94. The van der Waals surface area contributed by atoms with Gasteiger partial charge in [0.25, 0.3) is 0 Å². The van der Waals surface area contributed by atoms with Gasteiger partial charge in [0.05, 0.1) is 4.90 Å². The zero-order valence-electron chi connectivity index (χ0n) is 11.1. The van der Waals surface area contributed by atoms with E-state index in [1.54, 1.807) is 0 Å². The molecular formula is C13H19FN2O2S. The summed E-state index contributed by atoms with van der Waals surface area (Å²) in [6.07, 6.45) is 2.08. The van der Waals surface area contributed by atoms with E-state index in [0.29, 0.717) is 11.5 Å². The lowest BCUT2D eigenvalue weighted by molar-refractivity contribution is 0.535. The van der Waals surface area contributed by atoms with E-state index in [1.807, 2.05) is 6.92 Å². The van der Waals surface area contributed by atoms with Crippen molar-refractivity contribution >= 4 is 10.0 Å². The van der Waals surface area contributed by atoms with Gasteiger partial charge in [0, 0.05) is 18.2 Å². The van der Waals surface area contributed by atoms with Crippen LogP contribution >= 0.6 is 0 Å². The molecule has 0 amide bonds. The highest BCUT2D eigenvalue weighted by atomic mass is 32.2. The van der Waals surface area contributed by atoms with E-state index in [-0.39, 0.29) is 23.0 Å². The lowest BCUT2D eigenvalue weighted by Crippen LogP contribution is -2.34. The van der Waals surface area contributed by atoms with Gasteiger partial charge in [-0.3, -0.25) is 0 Å². The number of hydrogen-bond donors (Lipinski definition) is 2. The molecule has 1 aliphatic carbocycles. The summed E-state index contributed by atoms with van der Waals surface area (Å²) in [5, 5.41) is 0. The predicted octanol–water partition coefficient (Wildman–Crippen LogP) is 1.67. The predicted molar refractivity (Wildman–Crippen MR) is 71.5 cm³/mol. The number of rotatable bonds is 5. The minimum absolute atomic E-state index is 0.0135. The van der Waals surface area contributed by atoms with Crippen LogP contribution in [0, 0.1) is 18.7 Å². The van der Waals surface area contributed by atoms with E-state index in [4.69, 9.17) is 5.73 Å². The molecule has 19 heavy (non-hydrogen) atoms. The third-order valence-electron chi connectivity index (χ3n) is 3.55. The van der Waals surface area contributed by atoms with E-state index < -0.39 is 15.8 Å². The van der Waals surface area contributed by atoms with E-state index in [2.05, 4.69) is 4.72 Å². The van der Waals surface area contributed by atoms with Crippen molar-refractivity contribution in [3.8, 4) is 0 Å². The van der Waals surface area contributed by atoms with E-state index >= 15 is 0 Å². The smallest absolute Gasteiger partial charge is 0.241 e. The van der Waals surface area contributed by atoms with Crippen LogP contribution in [0.25, 0.3) is 0 Å². The second-order valence-electron chi connectivity index (χ2n) is 5.15. The molecule has 4 nitrogen and oxygen atoms in total. The van der Waals surface area contributed by atoms with Gasteiger partial charge in [-0.05, 0) is 50.3 Å². The molecule has 0 heterocycles. The summed E-state index contributed by atoms with van der Waals surface area (Å²) in [5.41, 5.74) is 6.07. The zero-order valence-corrected chi connectivity index (χ0v) is 11.9. The first-order valence-electron chi connectivity index (χ1n) is 6.36. The summed E-state index contributed by atoms with van der Waals surface area (Å²) in [4.78, 5) is -0.0135. The van der Waals surface area contributed by atoms with Crippen LogP contribution in [0.4, 0.5) is 4.39 Å². The van der Waals surface area contributed by atoms with Gasteiger partial charge in [0.2, 0.25) is 10.0 Å². The third kappa shape index (κ3) is 3.13. The van der Waals surface area contributed by atoms with Crippen molar-refractivity contribution in [3.63, 3.8) is 0 Å². The average Bonchev–Trinajstić information content (AvgIpc) is 3.15. The molecule has 0 aliphatic heterocycles. The second kappa shape index (κ2) is 5.19. The largest absolute Gasteiger partial charge is 0.326 e. The van der Waals surface area contributed by atoms with Crippen LogP contribution < -0.4 is 10.5 Å². The standard InChI is InChI=1S/C13H19FN2O2S/c1-8-12(14)5-10(7-15)6-13(8)19(17,18)16-9(2)11-3-4-11/h5-6,9,11,16H,3-4,7,15H2,1-2H3. The van der Waals surface area contributed by atoms with Crippen LogP contribution in [0.2, 0.25) is 0 Å². The first-order chi connectivity index (χ1) is 8.85. The molecular weight excluding hydrogens is 267 g/mol. The van der Waals surface area contributed by atoms with Crippen molar-refractivity contribution in [1.82, 2.24) is 4.72 Å². The highest BCUT2D eigenvalue weighted by Gasteiger charge is 2.32. The Labute approximate surface area is 113 Å². The average molecular weight is 286 g/mol. The van der Waals surface area contributed by atoms with Crippen molar-refractivity contribution < 1.29 is 12.8 Å². The number of nitrogens with one attached hydrogen (secondary N) is 1. The molecule has 0 radical (unpaired) electrons. The second-order valence-corrected chi connectivity index (χ2v) is 6.83. The van der Waals surface area contributed by atoms with Crippen molar-refractivity contribution in [2.24, 2.45) is 11.7 Å². The van der Waals surface area contributed by atoms with Crippen LogP contribution in [-0.2, 0) is 16.6 Å². The number of hydrogen-bond acceptors (Lipinski definition) is 3. The maximum atomic E-state index is 13.7. The number of sulfonamides is 1. The van der Waals surface area contributed by atoms with Crippen LogP contribution in [0.5, 0.6) is 0 Å². The summed E-state index contributed by atoms with van der Waals surface area (Å²) in [5.74, 6) is -0.139. The third-order valence-corrected chi connectivity index (χ3v) is 5.24. The van der Waals surface area contributed by atoms with E-state index in [1.165, 1.54) is 19.1 Å². The SMILES string of the molecule is Cc1c(F)cc(CN)cc1S(=O)(=O)NC(C)C1CC1. The van der Waals surface area contributed by atoms with Crippen molar-refractivity contribution in [1.29, 1.82) is 0 Å². The molecule has 1 saturated carbocycles. The summed E-state index contributed by atoms with van der Waals surface area (Å²) >= 11 is 0. The van der Waals surface area contributed by atoms with Gasteiger partial charge < -0.3 is 5.73 Å². The van der Waals surface area contributed by atoms with Crippen molar-refractivity contribution in [2.75, 3.05) is 0 Å². The molecule has 106 valence electrons. The van der Waals surface area contributed by atoms with Gasteiger partial charge in [0.1, 0.15) is 5.82 Å². The molecule has 1 unspecified atom stereocenters. The molecule has 6 heteroatoms.